The summed E-state index contributed by atoms with van der Waals surface area (Å²) in [4.78, 5) is 13.7. The third-order valence-corrected chi connectivity index (χ3v) is 4.20. The van der Waals surface area contributed by atoms with Gasteiger partial charge in [0, 0.05) is 23.5 Å². The van der Waals surface area contributed by atoms with E-state index in [0.717, 1.165) is 17.3 Å². The van der Waals surface area contributed by atoms with Crippen molar-refractivity contribution in [2.45, 2.75) is 52.0 Å². The number of anilines is 1. The Labute approximate surface area is 126 Å². The molecular weight excluding hydrogens is 260 g/mol. The molecule has 3 rings (SSSR count). The molecule has 0 bridgehead atoms. The first-order valence-electron chi connectivity index (χ1n) is 7.67. The Hall–Kier alpha value is -1.97. The zero-order chi connectivity index (χ0) is 14.8. The third kappa shape index (κ3) is 3.04. The van der Waals surface area contributed by atoms with E-state index in [1.165, 1.54) is 30.5 Å². The zero-order valence-electron chi connectivity index (χ0n) is 12.9. The van der Waals surface area contributed by atoms with Gasteiger partial charge in [-0.1, -0.05) is 12.5 Å². The quantitative estimate of drug-likeness (QED) is 0.923. The van der Waals surface area contributed by atoms with Crippen LogP contribution in [0.25, 0.3) is 0 Å². The lowest BCUT2D eigenvalue weighted by Crippen LogP contribution is -2.16. The van der Waals surface area contributed by atoms with Gasteiger partial charge in [-0.25, -0.2) is 9.97 Å². The van der Waals surface area contributed by atoms with Gasteiger partial charge in [0.15, 0.2) is 0 Å². The van der Waals surface area contributed by atoms with Crippen LogP contribution in [-0.2, 0) is 0 Å². The van der Waals surface area contributed by atoms with Crippen molar-refractivity contribution in [1.29, 1.82) is 0 Å². The molecule has 1 atom stereocenters. The normalized spacial score (nSPS) is 16.3. The van der Waals surface area contributed by atoms with Crippen molar-refractivity contribution in [3.05, 3.63) is 47.0 Å². The molecule has 1 N–H and O–H groups in total. The number of nitrogens with zero attached hydrogens (tertiary/aromatic N) is 3. The number of nitrogens with one attached hydrogen (secondary N) is 1. The molecule has 21 heavy (non-hydrogen) atoms. The van der Waals surface area contributed by atoms with E-state index in [9.17, 15) is 0 Å². The Balaban J connectivity index is 1.81. The molecule has 0 saturated heterocycles. The average molecular weight is 282 g/mol. The first-order chi connectivity index (χ1) is 10.1. The maximum atomic E-state index is 4.70. The molecule has 2 aromatic heterocycles. The summed E-state index contributed by atoms with van der Waals surface area (Å²) >= 11 is 0. The largest absolute Gasteiger partial charge is 0.346 e. The highest BCUT2D eigenvalue weighted by molar-refractivity contribution is 5.34. The lowest BCUT2D eigenvalue weighted by atomic mass is 9.83. The molecule has 1 aliphatic rings. The highest BCUT2D eigenvalue weighted by atomic mass is 15.1. The SMILES string of the molecule is Cc1cc(C2CCC2)nc(N[C@H](C)c2ncccc2C)n1. The molecule has 0 unspecified atom stereocenters. The van der Waals surface area contributed by atoms with Gasteiger partial charge >= 0.3 is 0 Å². The van der Waals surface area contributed by atoms with E-state index in [2.05, 4.69) is 41.3 Å². The lowest BCUT2D eigenvalue weighted by molar-refractivity contribution is 0.410. The number of aryl methyl sites for hydroxylation is 2. The van der Waals surface area contributed by atoms with Crippen LogP contribution in [0, 0.1) is 13.8 Å². The van der Waals surface area contributed by atoms with E-state index >= 15 is 0 Å². The molecule has 2 heterocycles. The molecule has 0 aromatic carbocycles. The van der Waals surface area contributed by atoms with Crippen LogP contribution in [0.3, 0.4) is 0 Å². The summed E-state index contributed by atoms with van der Waals surface area (Å²) in [7, 11) is 0. The molecule has 4 heteroatoms. The minimum absolute atomic E-state index is 0.0993. The Morgan fingerprint density at radius 1 is 1.24 bits per heavy atom. The number of rotatable bonds is 4. The maximum Gasteiger partial charge on any atom is 0.223 e. The zero-order valence-corrected chi connectivity index (χ0v) is 12.9. The number of pyridine rings is 1. The lowest BCUT2D eigenvalue weighted by Gasteiger charge is -2.25. The van der Waals surface area contributed by atoms with Gasteiger partial charge in [-0.15, -0.1) is 0 Å². The third-order valence-electron chi connectivity index (χ3n) is 4.20. The van der Waals surface area contributed by atoms with Crippen molar-refractivity contribution >= 4 is 5.95 Å². The highest BCUT2D eigenvalue weighted by Gasteiger charge is 2.22. The molecule has 0 radical (unpaired) electrons. The molecule has 0 amide bonds. The molecular formula is C17H22N4. The fourth-order valence-electron chi connectivity index (χ4n) is 2.78. The topological polar surface area (TPSA) is 50.7 Å². The summed E-state index contributed by atoms with van der Waals surface area (Å²) in [6.45, 7) is 6.22. The smallest absolute Gasteiger partial charge is 0.223 e. The van der Waals surface area contributed by atoms with E-state index < -0.39 is 0 Å². The number of hydrogen-bond donors (Lipinski definition) is 1. The monoisotopic (exact) mass is 282 g/mol. The van der Waals surface area contributed by atoms with E-state index in [1.54, 1.807) is 0 Å². The minimum atomic E-state index is 0.0993. The van der Waals surface area contributed by atoms with Crippen molar-refractivity contribution in [3.8, 4) is 0 Å². The molecule has 2 aromatic rings. The van der Waals surface area contributed by atoms with Crippen molar-refractivity contribution in [2.75, 3.05) is 5.32 Å². The van der Waals surface area contributed by atoms with Gasteiger partial charge in [0.2, 0.25) is 5.95 Å². The molecule has 1 saturated carbocycles. The summed E-state index contributed by atoms with van der Waals surface area (Å²) in [6.07, 6.45) is 5.66. The van der Waals surface area contributed by atoms with E-state index in [0.29, 0.717) is 5.92 Å². The second-order valence-electron chi connectivity index (χ2n) is 5.96. The Morgan fingerprint density at radius 3 is 2.71 bits per heavy atom. The fourth-order valence-corrected chi connectivity index (χ4v) is 2.78. The Morgan fingerprint density at radius 2 is 2.05 bits per heavy atom. The van der Waals surface area contributed by atoms with Crippen molar-refractivity contribution < 1.29 is 0 Å². The maximum absolute atomic E-state index is 4.70. The predicted molar refractivity (Wildman–Crippen MR) is 84.4 cm³/mol. The predicted octanol–water partition coefficient (Wildman–Crippen LogP) is 3.93. The van der Waals surface area contributed by atoms with Crippen molar-refractivity contribution in [1.82, 2.24) is 15.0 Å². The van der Waals surface area contributed by atoms with Crippen LogP contribution in [0.2, 0.25) is 0 Å². The number of aromatic nitrogens is 3. The van der Waals surface area contributed by atoms with Gasteiger partial charge in [-0.3, -0.25) is 4.98 Å². The van der Waals surface area contributed by atoms with Crippen LogP contribution < -0.4 is 5.32 Å². The summed E-state index contributed by atoms with van der Waals surface area (Å²) in [6, 6.07) is 6.26. The molecule has 0 aliphatic heterocycles. The molecule has 1 aliphatic carbocycles. The number of hydrogen-bond acceptors (Lipinski definition) is 4. The van der Waals surface area contributed by atoms with Crippen LogP contribution in [0.5, 0.6) is 0 Å². The molecule has 1 fully saturated rings. The van der Waals surface area contributed by atoms with E-state index in [-0.39, 0.29) is 6.04 Å². The minimum Gasteiger partial charge on any atom is -0.346 e. The second-order valence-corrected chi connectivity index (χ2v) is 5.96. The van der Waals surface area contributed by atoms with Crippen LogP contribution >= 0.6 is 0 Å². The van der Waals surface area contributed by atoms with Crippen LogP contribution in [0.15, 0.2) is 24.4 Å². The van der Waals surface area contributed by atoms with Gasteiger partial charge < -0.3 is 5.32 Å². The summed E-state index contributed by atoms with van der Waals surface area (Å²) in [5, 5.41) is 3.40. The summed E-state index contributed by atoms with van der Waals surface area (Å²) in [5.74, 6) is 1.34. The van der Waals surface area contributed by atoms with Gasteiger partial charge in [-0.05, 0) is 51.3 Å². The van der Waals surface area contributed by atoms with Gasteiger partial charge in [0.1, 0.15) is 0 Å². The molecule has 110 valence electrons. The van der Waals surface area contributed by atoms with Crippen LogP contribution in [-0.4, -0.2) is 15.0 Å². The standard InChI is InChI=1S/C17H22N4/c1-11-6-5-9-18-16(11)13(3)20-17-19-12(2)10-15(21-17)14-7-4-8-14/h5-6,9-10,13-14H,4,7-8H2,1-3H3,(H,19,20,21)/t13-/m1/s1. The molecule has 4 nitrogen and oxygen atoms in total. The first-order valence-corrected chi connectivity index (χ1v) is 7.67. The van der Waals surface area contributed by atoms with Gasteiger partial charge in [0.25, 0.3) is 0 Å². The summed E-state index contributed by atoms with van der Waals surface area (Å²) in [5.41, 5.74) is 4.44. The average Bonchev–Trinajstić information content (AvgIpc) is 2.36. The fraction of sp³-hybridized carbons (Fsp3) is 0.471. The van der Waals surface area contributed by atoms with Gasteiger partial charge in [0.05, 0.1) is 11.7 Å². The summed E-state index contributed by atoms with van der Waals surface area (Å²) < 4.78 is 0. The second kappa shape index (κ2) is 5.80. The van der Waals surface area contributed by atoms with E-state index in [1.807, 2.05) is 19.2 Å². The van der Waals surface area contributed by atoms with Gasteiger partial charge in [-0.2, -0.15) is 0 Å². The highest BCUT2D eigenvalue weighted by Crippen LogP contribution is 2.35. The van der Waals surface area contributed by atoms with E-state index in [4.69, 9.17) is 4.98 Å². The molecule has 0 spiro atoms. The van der Waals surface area contributed by atoms with Crippen molar-refractivity contribution in [2.24, 2.45) is 0 Å². The Kier molecular flexibility index (Phi) is 3.86. The van der Waals surface area contributed by atoms with Crippen LogP contribution in [0.4, 0.5) is 5.95 Å². The first kappa shape index (κ1) is 14.0. The van der Waals surface area contributed by atoms with Crippen molar-refractivity contribution in [3.63, 3.8) is 0 Å². The van der Waals surface area contributed by atoms with Crippen LogP contribution in [0.1, 0.15) is 60.8 Å². The Bertz CT molecular complexity index is 634.